The summed E-state index contributed by atoms with van der Waals surface area (Å²) in [6, 6.07) is 12.2. The summed E-state index contributed by atoms with van der Waals surface area (Å²) in [5.74, 6) is -0.828. The van der Waals surface area contributed by atoms with Gasteiger partial charge < -0.3 is 10.4 Å². The Balaban J connectivity index is 1.60. The number of carbonyl (C=O) groups is 1. The van der Waals surface area contributed by atoms with E-state index >= 15 is 0 Å². The monoisotopic (exact) mass is 417 g/mol. The van der Waals surface area contributed by atoms with Crippen LogP contribution >= 0.6 is 0 Å². The maximum atomic E-state index is 12.8. The molecule has 2 fully saturated rings. The average Bonchev–Trinajstić information content (AvgIpc) is 3.60. The molecule has 160 valence electrons. The first-order valence-electron chi connectivity index (χ1n) is 11.0. The molecule has 31 heavy (non-hydrogen) atoms. The summed E-state index contributed by atoms with van der Waals surface area (Å²) in [7, 11) is 0. The molecular formula is C25H27N3O3. The summed E-state index contributed by atoms with van der Waals surface area (Å²) >= 11 is 0. The van der Waals surface area contributed by atoms with Crippen molar-refractivity contribution in [1.29, 1.82) is 0 Å². The van der Waals surface area contributed by atoms with Crippen LogP contribution in [0.25, 0.3) is 16.6 Å². The average molecular weight is 418 g/mol. The number of pyridine rings is 2. The van der Waals surface area contributed by atoms with Crippen LogP contribution in [0.5, 0.6) is 0 Å². The zero-order valence-corrected chi connectivity index (χ0v) is 17.7. The number of nitrogens with zero attached hydrogens (tertiary/aromatic N) is 2. The highest BCUT2D eigenvalue weighted by Gasteiger charge is 2.29. The second-order valence-electron chi connectivity index (χ2n) is 8.70. The maximum Gasteiger partial charge on any atom is 0.341 e. The van der Waals surface area contributed by atoms with Gasteiger partial charge in [-0.3, -0.25) is 14.1 Å². The van der Waals surface area contributed by atoms with Gasteiger partial charge in [-0.05, 0) is 71.7 Å². The van der Waals surface area contributed by atoms with Crippen LogP contribution in [-0.2, 0) is 6.54 Å². The number of aromatic carboxylic acids is 1. The van der Waals surface area contributed by atoms with Gasteiger partial charge in [0.25, 0.3) is 5.56 Å². The van der Waals surface area contributed by atoms with Gasteiger partial charge >= 0.3 is 5.97 Å². The minimum Gasteiger partial charge on any atom is -0.477 e. The van der Waals surface area contributed by atoms with Crippen LogP contribution in [0.2, 0.25) is 0 Å². The molecule has 5 rings (SSSR count). The van der Waals surface area contributed by atoms with Crippen molar-refractivity contribution in [2.75, 3.05) is 26.2 Å². The highest BCUT2D eigenvalue weighted by molar-refractivity contribution is 5.89. The van der Waals surface area contributed by atoms with Crippen molar-refractivity contribution in [3.8, 4) is 11.1 Å². The van der Waals surface area contributed by atoms with Crippen LogP contribution in [-0.4, -0.2) is 46.6 Å². The Morgan fingerprint density at radius 2 is 1.94 bits per heavy atom. The number of benzene rings is 1. The number of aromatic nitrogens is 1. The molecule has 1 aromatic carbocycles. The molecule has 0 unspecified atom stereocenters. The molecule has 1 aliphatic heterocycles. The van der Waals surface area contributed by atoms with E-state index in [0.717, 1.165) is 73.3 Å². The van der Waals surface area contributed by atoms with E-state index in [1.165, 1.54) is 9.96 Å². The standard InChI is InChI=1S/C25H27N3O3/c1-16-20(19-4-2-3-17(13-19)15-27-11-8-26-9-12-27)7-10-28-23(16)21(18-5-6-18)14-22(24(28)29)25(30)31/h2-4,7,10,13-14,18,26H,5-6,8-9,11-12,15H2,1H3,(H,30,31). The predicted octanol–water partition coefficient (Wildman–Crippen LogP) is 3.26. The fraction of sp³-hybridized carbons (Fsp3) is 0.360. The molecule has 6 nitrogen and oxygen atoms in total. The quantitative estimate of drug-likeness (QED) is 0.667. The Labute approximate surface area is 181 Å². The number of fused-ring (bicyclic) bond motifs is 1. The molecule has 0 atom stereocenters. The highest BCUT2D eigenvalue weighted by Crippen LogP contribution is 2.43. The first-order valence-corrected chi connectivity index (χ1v) is 11.0. The predicted molar refractivity (Wildman–Crippen MR) is 121 cm³/mol. The number of hydrogen-bond donors (Lipinski definition) is 2. The van der Waals surface area contributed by atoms with E-state index in [4.69, 9.17) is 0 Å². The molecule has 2 aliphatic rings. The maximum absolute atomic E-state index is 12.8. The minimum absolute atomic E-state index is 0.149. The second-order valence-corrected chi connectivity index (χ2v) is 8.70. The van der Waals surface area contributed by atoms with Crippen molar-refractivity contribution in [3.63, 3.8) is 0 Å². The zero-order chi connectivity index (χ0) is 21.5. The van der Waals surface area contributed by atoms with Crippen molar-refractivity contribution in [1.82, 2.24) is 14.6 Å². The molecule has 0 amide bonds. The fourth-order valence-electron chi connectivity index (χ4n) is 4.73. The van der Waals surface area contributed by atoms with Crippen molar-refractivity contribution in [2.24, 2.45) is 0 Å². The number of carboxylic acid groups (broad SMARTS) is 1. The lowest BCUT2D eigenvalue weighted by Gasteiger charge is -2.27. The van der Waals surface area contributed by atoms with Crippen molar-refractivity contribution < 1.29 is 9.90 Å². The largest absolute Gasteiger partial charge is 0.477 e. The summed E-state index contributed by atoms with van der Waals surface area (Å²) < 4.78 is 1.53. The summed E-state index contributed by atoms with van der Waals surface area (Å²) in [4.78, 5) is 26.9. The lowest BCUT2D eigenvalue weighted by atomic mass is 9.95. The van der Waals surface area contributed by atoms with Gasteiger partial charge in [0.1, 0.15) is 5.56 Å². The highest BCUT2D eigenvalue weighted by atomic mass is 16.4. The first-order chi connectivity index (χ1) is 15.0. The van der Waals surface area contributed by atoms with Crippen LogP contribution in [0.15, 0.2) is 47.4 Å². The van der Waals surface area contributed by atoms with E-state index in [1.54, 1.807) is 12.3 Å². The topological polar surface area (TPSA) is 74.0 Å². The molecule has 2 aromatic heterocycles. The number of rotatable bonds is 5. The number of aryl methyl sites for hydroxylation is 1. The number of piperazine rings is 1. The molecule has 1 aliphatic carbocycles. The van der Waals surface area contributed by atoms with E-state index < -0.39 is 11.5 Å². The molecule has 0 bridgehead atoms. The molecule has 2 N–H and O–H groups in total. The molecule has 0 spiro atoms. The Morgan fingerprint density at radius 3 is 2.65 bits per heavy atom. The molecule has 3 heterocycles. The molecule has 0 radical (unpaired) electrons. The third-order valence-corrected chi connectivity index (χ3v) is 6.51. The van der Waals surface area contributed by atoms with E-state index in [-0.39, 0.29) is 5.56 Å². The van der Waals surface area contributed by atoms with Crippen LogP contribution in [0.1, 0.15) is 45.8 Å². The Hall–Kier alpha value is -2.96. The van der Waals surface area contributed by atoms with Gasteiger partial charge in [0.2, 0.25) is 0 Å². The molecule has 1 saturated heterocycles. The summed E-state index contributed by atoms with van der Waals surface area (Å²) in [6.07, 6.45) is 3.81. The van der Waals surface area contributed by atoms with Gasteiger partial charge in [-0.25, -0.2) is 4.79 Å². The van der Waals surface area contributed by atoms with E-state index in [1.807, 2.05) is 13.0 Å². The molecule has 6 heteroatoms. The Kier molecular flexibility index (Phi) is 5.12. The van der Waals surface area contributed by atoms with Gasteiger partial charge in [0.15, 0.2) is 0 Å². The van der Waals surface area contributed by atoms with Crippen LogP contribution in [0, 0.1) is 6.92 Å². The Morgan fingerprint density at radius 1 is 1.16 bits per heavy atom. The zero-order valence-electron chi connectivity index (χ0n) is 17.7. The third-order valence-electron chi connectivity index (χ3n) is 6.51. The van der Waals surface area contributed by atoms with Crippen LogP contribution in [0.4, 0.5) is 0 Å². The van der Waals surface area contributed by atoms with Crippen molar-refractivity contribution in [2.45, 2.75) is 32.2 Å². The van der Waals surface area contributed by atoms with E-state index in [9.17, 15) is 14.7 Å². The van der Waals surface area contributed by atoms with E-state index in [0.29, 0.717) is 5.92 Å². The SMILES string of the molecule is Cc1c(-c2cccc(CN3CCNCC3)c2)ccn2c(=O)c(C(=O)O)cc(C3CC3)c12. The van der Waals surface area contributed by atoms with Crippen LogP contribution < -0.4 is 10.9 Å². The van der Waals surface area contributed by atoms with Gasteiger partial charge in [-0.1, -0.05) is 18.2 Å². The van der Waals surface area contributed by atoms with Gasteiger partial charge in [0, 0.05) is 38.9 Å². The normalized spacial score (nSPS) is 17.2. The lowest BCUT2D eigenvalue weighted by Crippen LogP contribution is -2.42. The molecular weight excluding hydrogens is 390 g/mol. The Bertz CT molecular complexity index is 1220. The summed E-state index contributed by atoms with van der Waals surface area (Å²) in [5.41, 5.74) is 5.75. The number of nitrogens with one attached hydrogen (secondary N) is 1. The number of hydrogen-bond acceptors (Lipinski definition) is 4. The van der Waals surface area contributed by atoms with Gasteiger partial charge in [0.05, 0.1) is 5.52 Å². The summed E-state index contributed by atoms with van der Waals surface area (Å²) in [6.45, 7) is 7.13. The van der Waals surface area contributed by atoms with E-state index in [2.05, 4.69) is 34.5 Å². The first kappa shape index (κ1) is 20.0. The summed E-state index contributed by atoms with van der Waals surface area (Å²) in [5, 5.41) is 12.9. The minimum atomic E-state index is -1.16. The van der Waals surface area contributed by atoms with Crippen molar-refractivity contribution >= 4 is 11.5 Å². The lowest BCUT2D eigenvalue weighted by molar-refractivity contribution is 0.0694. The molecule has 3 aromatic rings. The third kappa shape index (κ3) is 3.77. The van der Waals surface area contributed by atoms with Gasteiger partial charge in [-0.2, -0.15) is 0 Å². The molecule has 1 saturated carbocycles. The number of carboxylic acids is 1. The second kappa shape index (κ2) is 7.94. The smallest absolute Gasteiger partial charge is 0.341 e. The van der Waals surface area contributed by atoms with Crippen LogP contribution in [0.3, 0.4) is 0 Å². The van der Waals surface area contributed by atoms with Gasteiger partial charge in [-0.15, -0.1) is 0 Å². The van der Waals surface area contributed by atoms with Crippen molar-refractivity contribution in [3.05, 3.63) is 75.2 Å². The fourth-order valence-corrected chi connectivity index (χ4v) is 4.73.